The number of carbonyl (C=O) groups excluding carboxylic acids is 1. The topological polar surface area (TPSA) is 17.1 Å². The van der Waals surface area contributed by atoms with Gasteiger partial charge in [-0.25, -0.2) is 4.39 Å². The van der Waals surface area contributed by atoms with Gasteiger partial charge in [0.1, 0.15) is 12.0 Å². The van der Waals surface area contributed by atoms with Crippen molar-refractivity contribution in [3.63, 3.8) is 0 Å². The summed E-state index contributed by atoms with van der Waals surface area (Å²) in [4.78, 5) is 11.3. The van der Waals surface area contributed by atoms with Gasteiger partial charge in [-0.3, -0.25) is 4.79 Å². The monoisotopic (exact) mass is 158 g/mol. The molecular formula is C9H15FO. The van der Waals surface area contributed by atoms with E-state index < -0.39 is 6.17 Å². The van der Waals surface area contributed by atoms with Gasteiger partial charge < -0.3 is 0 Å². The fraction of sp³-hybridized carbons (Fsp3) is 0.889. The Morgan fingerprint density at radius 1 is 1.45 bits per heavy atom. The van der Waals surface area contributed by atoms with Crippen molar-refractivity contribution >= 4 is 5.78 Å². The number of ketones is 1. The van der Waals surface area contributed by atoms with Gasteiger partial charge in [-0.1, -0.05) is 13.8 Å². The standard InChI is InChI=1S/C9H15FO/c1-6(2)9(11)7-3-4-8(10)5-7/h6-8H,3-5H2,1-2H3/t7-,8+/m0/s1. The first-order valence-electron chi connectivity index (χ1n) is 4.29. The third kappa shape index (κ3) is 2.01. The molecule has 1 rings (SSSR count). The normalized spacial score (nSPS) is 31.3. The summed E-state index contributed by atoms with van der Waals surface area (Å²) >= 11 is 0. The molecule has 1 nitrogen and oxygen atoms in total. The SMILES string of the molecule is CC(C)C(=O)[C@H]1CC[C@@H](F)C1. The molecule has 1 saturated carbocycles. The number of carbonyl (C=O) groups is 1. The van der Waals surface area contributed by atoms with Gasteiger partial charge >= 0.3 is 0 Å². The van der Waals surface area contributed by atoms with E-state index in [0.717, 1.165) is 6.42 Å². The van der Waals surface area contributed by atoms with Crippen molar-refractivity contribution in [2.24, 2.45) is 11.8 Å². The average Bonchev–Trinajstić information content (AvgIpc) is 2.34. The predicted octanol–water partition coefficient (Wildman–Crippen LogP) is 2.35. The highest BCUT2D eigenvalue weighted by molar-refractivity contribution is 5.83. The van der Waals surface area contributed by atoms with Crippen molar-refractivity contribution in [3.05, 3.63) is 0 Å². The lowest BCUT2D eigenvalue weighted by molar-refractivity contribution is -0.125. The van der Waals surface area contributed by atoms with Crippen LogP contribution in [-0.4, -0.2) is 12.0 Å². The van der Waals surface area contributed by atoms with Crippen LogP contribution in [0.2, 0.25) is 0 Å². The Kier molecular flexibility index (Phi) is 2.63. The maximum absolute atomic E-state index is 12.6. The van der Waals surface area contributed by atoms with Gasteiger partial charge in [0, 0.05) is 11.8 Å². The molecule has 0 amide bonds. The zero-order valence-corrected chi connectivity index (χ0v) is 7.14. The summed E-state index contributed by atoms with van der Waals surface area (Å²) in [5.74, 6) is 0.334. The van der Waals surface area contributed by atoms with E-state index in [-0.39, 0.29) is 17.6 Å². The molecule has 0 heterocycles. The van der Waals surface area contributed by atoms with E-state index >= 15 is 0 Å². The van der Waals surface area contributed by atoms with Crippen molar-refractivity contribution in [2.75, 3.05) is 0 Å². The predicted molar refractivity (Wildman–Crippen MR) is 42.1 cm³/mol. The molecule has 0 radical (unpaired) electrons. The van der Waals surface area contributed by atoms with E-state index in [1.165, 1.54) is 0 Å². The molecule has 0 unspecified atom stereocenters. The zero-order chi connectivity index (χ0) is 8.43. The summed E-state index contributed by atoms with van der Waals surface area (Å²) in [7, 11) is 0. The van der Waals surface area contributed by atoms with Gasteiger partial charge in [-0.2, -0.15) is 0 Å². The fourth-order valence-corrected chi connectivity index (χ4v) is 1.66. The van der Waals surface area contributed by atoms with Crippen LogP contribution in [0.5, 0.6) is 0 Å². The van der Waals surface area contributed by atoms with Crippen LogP contribution in [0.4, 0.5) is 4.39 Å². The van der Waals surface area contributed by atoms with Gasteiger partial charge in [0.05, 0.1) is 0 Å². The lowest BCUT2D eigenvalue weighted by Gasteiger charge is -2.09. The third-order valence-electron chi connectivity index (χ3n) is 2.34. The molecule has 2 heteroatoms. The van der Waals surface area contributed by atoms with Crippen molar-refractivity contribution in [3.8, 4) is 0 Å². The minimum Gasteiger partial charge on any atom is -0.299 e. The second-order valence-electron chi connectivity index (χ2n) is 3.66. The molecule has 1 fully saturated rings. The minimum atomic E-state index is -0.720. The van der Waals surface area contributed by atoms with Crippen molar-refractivity contribution < 1.29 is 9.18 Å². The average molecular weight is 158 g/mol. The maximum Gasteiger partial charge on any atom is 0.138 e. The van der Waals surface area contributed by atoms with Crippen LogP contribution in [0.15, 0.2) is 0 Å². The fourth-order valence-electron chi connectivity index (χ4n) is 1.66. The smallest absolute Gasteiger partial charge is 0.138 e. The van der Waals surface area contributed by atoms with E-state index in [0.29, 0.717) is 12.8 Å². The zero-order valence-electron chi connectivity index (χ0n) is 7.14. The van der Waals surface area contributed by atoms with E-state index in [1.807, 2.05) is 13.8 Å². The first-order chi connectivity index (χ1) is 5.11. The Morgan fingerprint density at radius 2 is 2.09 bits per heavy atom. The van der Waals surface area contributed by atoms with Gasteiger partial charge in [-0.15, -0.1) is 0 Å². The van der Waals surface area contributed by atoms with Crippen LogP contribution in [-0.2, 0) is 4.79 Å². The van der Waals surface area contributed by atoms with Crippen LogP contribution in [0.1, 0.15) is 33.1 Å². The van der Waals surface area contributed by atoms with Gasteiger partial charge in [-0.05, 0) is 19.3 Å². The molecule has 0 aromatic carbocycles. The molecule has 0 spiro atoms. The lowest BCUT2D eigenvalue weighted by atomic mass is 9.94. The quantitative estimate of drug-likeness (QED) is 0.603. The molecular weight excluding hydrogens is 143 g/mol. The summed E-state index contributed by atoms with van der Waals surface area (Å²) in [6.45, 7) is 3.77. The summed E-state index contributed by atoms with van der Waals surface area (Å²) < 4.78 is 12.6. The summed E-state index contributed by atoms with van der Waals surface area (Å²) in [6, 6.07) is 0. The van der Waals surface area contributed by atoms with Crippen LogP contribution in [0, 0.1) is 11.8 Å². The molecule has 1 aliphatic carbocycles. The van der Waals surface area contributed by atoms with Gasteiger partial charge in [0.25, 0.3) is 0 Å². The number of Topliss-reactive ketones (excluding diaryl/α,β-unsaturated/α-hetero) is 1. The molecule has 0 aromatic heterocycles. The van der Waals surface area contributed by atoms with E-state index in [9.17, 15) is 9.18 Å². The highest BCUT2D eigenvalue weighted by Gasteiger charge is 2.30. The second-order valence-corrected chi connectivity index (χ2v) is 3.66. The molecule has 1 aliphatic rings. The summed E-state index contributed by atoms with van der Waals surface area (Å²) in [6.07, 6.45) is 1.10. The van der Waals surface area contributed by atoms with E-state index in [2.05, 4.69) is 0 Å². The number of rotatable bonds is 2. The lowest BCUT2D eigenvalue weighted by Crippen LogP contribution is -2.17. The number of alkyl halides is 1. The number of hydrogen-bond donors (Lipinski definition) is 0. The first-order valence-corrected chi connectivity index (χ1v) is 4.29. The molecule has 0 N–H and O–H groups in total. The van der Waals surface area contributed by atoms with E-state index in [4.69, 9.17) is 0 Å². The molecule has 0 saturated heterocycles. The molecule has 0 aliphatic heterocycles. The van der Waals surface area contributed by atoms with Crippen LogP contribution < -0.4 is 0 Å². The highest BCUT2D eigenvalue weighted by atomic mass is 19.1. The largest absolute Gasteiger partial charge is 0.299 e. The van der Waals surface area contributed by atoms with Crippen molar-refractivity contribution in [1.82, 2.24) is 0 Å². The van der Waals surface area contributed by atoms with Crippen LogP contribution in [0.3, 0.4) is 0 Å². The second kappa shape index (κ2) is 3.33. The number of hydrogen-bond acceptors (Lipinski definition) is 1. The Hall–Kier alpha value is -0.400. The summed E-state index contributed by atoms with van der Waals surface area (Å²) in [5.41, 5.74) is 0. The first kappa shape index (κ1) is 8.69. The highest BCUT2D eigenvalue weighted by Crippen LogP contribution is 2.30. The van der Waals surface area contributed by atoms with Crippen LogP contribution in [0.25, 0.3) is 0 Å². The Labute approximate surface area is 67.0 Å². The van der Waals surface area contributed by atoms with Gasteiger partial charge in [0.15, 0.2) is 0 Å². The minimum absolute atomic E-state index is 0.0185. The molecule has 2 atom stereocenters. The van der Waals surface area contributed by atoms with Crippen LogP contribution >= 0.6 is 0 Å². The van der Waals surface area contributed by atoms with Gasteiger partial charge in [0.2, 0.25) is 0 Å². The Balaban J connectivity index is 2.43. The molecule has 64 valence electrons. The van der Waals surface area contributed by atoms with E-state index in [1.54, 1.807) is 0 Å². The third-order valence-corrected chi connectivity index (χ3v) is 2.34. The maximum atomic E-state index is 12.6. The molecule has 0 bridgehead atoms. The number of halogens is 1. The summed E-state index contributed by atoms with van der Waals surface area (Å²) in [5, 5.41) is 0. The van der Waals surface area contributed by atoms with Crippen molar-refractivity contribution in [1.29, 1.82) is 0 Å². The van der Waals surface area contributed by atoms with Crippen molar-refractivity contribution in [2.45, 2.75) is 39.3 Å². The Morgan fingerprint density at radius 3 is 2.45 bits per heavy atom. The molecule has 11 heavy (non-hydrogen) atoms. The molecule has 0 aromatic rings. The Bertz CT molecular complexity index is 154.